The summed E-state index contributed by atoms with van der Waals surface area (Å²) < 4.78 is 7.85. The highest BCUT2D eigenvalue weighted by Gasteiger charge is 2.18. The molecule has 0 saturated heterocycles. The van der Waals surface area contributed by atoms with Crippen molar-refractivity contribution in [1.82, 2.24) is 24.8 Å². The number of H-pyrrole nitrogens is 1. The van der Waals surface area contributed by atoms with Crippen LogP contribution < -0.4 is 5.32 Å². The van der Waals surface area contributed by atoms with Crippen molar-refractivity contribution in [2.45, 2.75) is 25.8 Å². The van der Waals surface area contributed by atoms with Gasteiger partial charge in [0.2, 0.25) is 0 Å². The van der Waals surface area contributed by atoms with E-state index < -0.39 is 0 Å². The molecule has 6 nitrogen and oxygen atoms in total. The third-order valence-electron chi connectivity index (χ3n) is 2.87. The van der Waals surface area contributed by atoms with Gasteiger partial charge in [-0.2, -0.15) is 0 Å². The fraction of sp³-hybridized carbons (Fsp3) is 0.455. The van der Waals surface area contributed by atoms with Crippen molar-refractivity contribution in [2.75, 3.05) is 6.54 Å². The number of hydrogen-bond donors (Lipinski definition) is 2. The number of aromatic nitrogens is 4. The van der Waals surface area contributed by atoms with Gasteiger partial charge in [-0.25, -0.2) is 9.97 Å². The Morgan fingerprint density at radius 1 is 1.47 bits per heavy atom. The summed E-state index contributed by atoms with van der Waals surface area (Å²) >= 11 is 0. The molecule has 1 atom stereocenters. The summed E-state index contributed by atoms with van der Waals surface area (Å²) in [6.07, 6.45) is 7.60. The molecule has 0 saturated carbocycles. The summed E-state index contributed by atoms with van der Waals surface area (Å²) in [7, 11) is 0. The molecule has 0 unspecified atom stereocenters. The first-order chi connectivity index (χ1) is 8.42. The zero-order chi connectivity index (χ0) is 11.5. The molecule has 0 aromatic carbocycles. The second kappa shape index (κ2) is 4.68. The normalized spacial score (nSPS) is 19.2. The Morgan fingerprint density at radius 2 is 2.47 bits per heavy atom. The smallest absolute Gasteiger partial charge is 0.134 e. The zero-order valence-electron chi connectivity index (χ0n) is 9.47. The van der Waals surface area contributed by atoms with E-state index in [1.54, 1.807) is 6.20 Å². The molecule has 17 heavy (non-hydrogen) atoms. The van der Waals surface area contributed by atoms with Crippen molar-refractivity contribution >= 4 is 0 Å². The molecule has 0 amide bonds. The Hall–Kier alpha value is -1.66. The van der Waals surface area contributed by atoms with E-state index in [0.717, 1.165) is 31.3 Å². The first kappa shape index (κ1) is 10.5. The van der Waals surface area contributed by atoms with Gasteiger partial charge >= 0.3 is 0 Å². The first-order valence-electron chi connectivity index (χ1n) is 5.72. The van der Waals surface area contributed by atoms with Gasteiger partial charge < -0.3 is 19.6 Å². The number of rotatable bonds is 4. The molecular weight excluding hydrogens is 218 g/mol. The maximum atomic E-state index is 5.71. The van der Waals surface area contributed by atoms with Gasteiger partial charge in [0, 0.05) is 31.3 Å². The lowest BCUT2D eigenvalue weighted by Crippen LogP contribution is -2.36. The van der Waals surface area contributed by atoms with Gasteiger partial charge in [-0.1, -0.05) is 0 Å². The van der Waals surface area contributed by atoms with Gasteiger partial charge in [0.05, 0.1) is 19.2 Å². The Morgan fingerprint density at radius 3 is 3.35 bits per heavy atom. The predicted octanol–water partition coefficient (Wildman–Crippen LogP) is 0.295. The Balaban J connectivity index is 1.48. The minimum Gasteiger partial charge on any atom is -0.367 e. The molecule has 0 spiro atoms. The van der Waals surface area contributed by atoms with Crippen LogP contribution >= 0.6 is 0 Å². The second-order valence-electron chi connectivity index (χ2n) is 4.10. The van der Waals surface area contributed by atoms with E-state index in [1.165, 1.54) is 0 Å². The highest BCUT2D eigenvalue weighted by Crippen LogP contribution is 2.11. The minimum absolute atomic E-state index is 0.201. The van der Waals surface area contributed by atoms with E-state index in [-0.39, 0.29) is 6.10 Å². The average molecular weight is 233 g/mol. The first-order valence-corrected chi connectivity index (χ1v) is 5.72. The van der Waals surface area contributed by atoms with E-state index in [2.05, 4.69) is 24.8 Å². The molecule has 3 rings (SSSR count). The third kappa shape index (κ3) is 2.37. The summed E-state index contributed by atoms with van der Waals surface area (Å²) in [5.41, 5.74) is 0. The van der Waals surface area contributed by atoms with E-state index in [4.69, 9.17) is 4.74 Å². The molecule has 0 radical (unpaired) electrons. The van der Waals surface area contributed by atoms with Gasteiger partial charge in [0.15, 0.2) is 0 Å². The number of fused-ring (bicyclic) bond motifs is 1. The summed E-state index contributed by atoms with van der Waals surface area (Å²) in [5, 5.41) is 3.33. The van der Waals surface area contributed by atoms with Crippen molar-refractivity contribution < 1.29 is 4.74 Å². The molecule has 2 aromatic heterocycles. The van der Waals surface area contributed by atoms with Crippen LogP contribution in [0.2, 0.25) is 0 Å². The maximum absolute atomic E-state index is 5.71. The molecule has 3 heterocycles. The van der Waals surface area contributed by atoms with Crippen LogP contribution in [-0.4, -0.2) is 32.2 Å². The Kier molecular flexibility index (Phi) is 2.89. The van der Waals surface area contributed by atoms with Crippen LogP contribution in [0.15, 0.2) is 24.8 Å². The topological polar surface area (TPSA) is 67.8 Å². The number of aromatic amines is 1. The molecule has 1 aliphatic rings. The molecule has 6 heteroatoms. The summed E-state index contributed by atoms with van der Waals surface area (Å²) in [6.45, 7) is 3.02. The van der Waals surface area contributed by atoms with Gasteiger partial charge in [0.25, 0.3) is 0 Å². The third-order valence-corrected chi connectivity index (χ3v) is 2.87. The number of nitrogens with zero attached hydrogens (tertiary/aromatic N) is 3. The fourth-order valence-corrected chi connectivity index (χ4v) is 1.98. The fourth-order valence-electron chi connectivity index (χ4n) is 1.98. The standard InChI is InChI=1S/C11H15N5O/c1-2-14-10(13-1)6-12-5-9-7-16-4-3-15-11(16)8-17-9/h1-4,9,12H,5-8H2,(H,13,14)/t9-/m0/s1. The largest absolute Gasteiger partial charge is 0.367 e. The summed E-state index contributed by atoms with van der Waals surface area (Å²) in [5.74, 6) is 1.96. The van der Waals surface area contributed by atoms with Crippen LogP contribution in [0.4, 0.5) is 0 Å². The molecule has 0 bridgehead atoms. The van der Waals surface area contributed by atoms with Gasteiger partial charge in [-0.05, 0) is 0 Å². The highest BCUT2D eigenvalue weighted by atomic mass is 16.5. The van der Waals surface area contributed by atoms with Gasteiger partial charge in [-0.3, -0.25) is 0 Å². The van der Waals surface area contributed by atoms with Crippen molar-refractivity contribution in [2.24, 2.45) is 0 Å². The van der Waals surface area contributed by atoms with Crippen LogP contribution in [0, 0.1) is 0 Å². The quantitative estimate of drug-likeness (QED) is 0.796. The van der Waals surface area contributed by atoms with Crippen LogP contribution in [0.5, 0.6) is 0 Å². The Bertz CT molecular complexity index is 464. The van der Waals surface area contributed by atoms with E-state index in [9.17, 15) is 0 Å². The van der Waals surface area contributed by atoms with Crippen LogP contribution in [0.1, 0.15) is 11.6 Å². The molecule has 1 aliphatic heterocycles. The molecule has 0 aliphatic carbocycles. The van der Waals surface area contributed by atoms with E-state index in [0.29, 0.717) is 6.61 Å². The van der Waals surface area contributed by atoms with Crippen molar-refractivity contribution in [3.63, 3.8) is 0 Å². The average Bonchev–Trinajstić information content (AvgIpc) is 2.98. The maximum Gasteiger partial charge on any atom is 0.134 e. The number of ether oxygens (including phenoxy) is 1. The van der Waals surface area contributed by atoms with Crippen LogP contribution in [-0.2, 0) is 24.4 Å². The van der Waals surface area contributed by atoms with Crippen molar-refractivity contribution in [3.05, 3.63) is 36.4 Å². The monoisotopic (exact) mass is 233 g/mol. The highest BCUT2D eigenvalue weighted by molar-refractivity contribution is 4.94. The minimum atomic E-state index is 0.201. The predicted molar refractivity (Wildman–Crippen MR) is 61.1 cm³/mol. The molecule has 2 N–H and O–H groups in total. The Labute approximate surface area is 99.0 Å². The lowest BCUT2D eigenvalue weighted by Gasteiger charge is -2.24. The molecule has 0 fully saturated rings. The van der Waals surface area contributed by atoms with E-state index >= 15 is 0 Å². The molecule has 90 valence electrons. The molecule has 2 aromatic rings. The summed E-state index contributed by atoms with van der Waals surface area (Å²) in [6, 6.07) is 0. The second-order valence-corrected chi connectivity index (χ2v) is 4.10. The number of nitrogens with one attached hydrogen (secondary N) is 2. The van der Waals surface area contributed by atoms with Crippen molar-refractivity contribution in [3.8, 4) is 0 Å². The van der Waals surface area contributed by atoms with Crippen LogP contribution in [0.25, 0.3) is 0 Å². The lowest BCUT2D eigenvalue weighted by atomic mass is 10.3. The van der Waals surface area contributed by atoms with Gasteiger partial charge in [-0.15, -0.1) is 0 Å². The number of imidazole rings is 2. The molecular formula is C11H15N5O. The van der Waals surface area contributed by atoms with Gasteiger partial charge in [0.1, 0.15) is 18.3 Å². The SMILES string of the molecule is c1c[nH]c(CNC[C@H]2Cn3ccnc3CO2)n1. The zero-order valence-corrected chi connectivity index (χ0v) is 9.47. The number of hydrogen-bond acceptors (Lipinski definition) is 4. The van der Waals surface area contributed by atoms with Crippen LogP contribution in [0.3, 0.4) is 0 Å². The lowest BCUT2D eigenvalue weighted by molar-refractivity contribution is 0.00271. The van der Waals surface area contributed by atoms with E-state index in [1.807, 2.05) is 18.6 Å². The van der Waals surface area contributed by atoms with Crippen molar-refractivity contribution in [1.29, 1.82) is 0 Å². The summed E-state index contributed by atoms with van der Waals surface area (Å²) in [4.78, 5) is 11.4.